The Morgan fingerprint density at radius 3 is 1.72 bits per heavy atom. The number of hydrogen-bond acceptors (Lipinski definition) is 4. The van der Waals surface area contributed by atoms with Crippen LogP contribution in [0, 0.1) is 5.92 Å². The molecule has 0 aliphatic carbocycles. The molecule has 0 radical (unpaired) electrons. The molecule has 0 bridgehead atoms. The number of hydrogen-bond donors (Lipinski definition) is 0. The van der Waals surface area contributed by atoms with E-state index < -0.39 is 18.2 Å². The average Bonchev–Trinajstić information content (AvgIpc) is 2.27. The Hall–Kier alpha value is -1.58. The van der Waals surface area contributed by atoms with Gasteiger partial charge in [0.15, 0.2) is 0 Å². The molecule has 1 atom stereocenters. The first-order valence-electron chi connectivity index (χ1n) is 6.00. The van der Waals surface area contributed by atoms with E-state index >= 15 is 0 Å². The van der Waals surface area contributed by atoms with Crippen LogP contribution >= 0.6 is 0 Å². The van der Waals surface area contributed by atoms with E-state index in [4.69, 9.17) is 9.47 Å². The van der Waals surface area contributed by atoms with Gasteiger partial charge in [-0.1, -0.05) is 33.4 Å². The molecule has 4 nitrogen and oxygen atoms in total. The lowest BCUT2D eigenvalue weighted by Gasteiger charge is -2.21. The summed E-state index contributed by atoms with van der Waals surface area (Å²) in [6, 6.07) is 0. The first-order valence-corrected chi connectivity index (χ1v) is 6.00. The predicted molar refractivity (Wildman–Crippen MR) is 69.7 cm³/mol. The second-order valence-corrected chi connectivity index (χ2v) is 4.55. The minimum Gasteiger partial charge on any atom is -0.422 e. The van der Waals surface area contributed by atoms with Gasteiger partial charge in [-0.3, -0.25) is 0 Å². The minimum atomic E-state index is -0.881. The maximum Gasteiger partial charge on any atom is 0.336 e. The number of carbonyl (C=O) groups excluding carboxylic acids is 2. The maximum absolute atomic E-state index is 11.4. The summed E-state index contributed by atoms with van der Waals surface area (Å²) in [7, 11) is 0. The van der Waals surface area contributed by atoms with Crippen LogP contribution < -0.4 is 0 Å². The van der Waals surface area contributed by atoms with Gasteiger partial charge in [-0.2, -0.15) is 0 Å². The van der Waals surface area contributed by atoms with Crippen LogP contribution in [0.5, 0.6) is 0 Å². The van der Waals surface area contributed by atoms with E-state index in [-0.39, 0.29) is 17.1 Å². The molecule has 0 aliphatic rings. The van der Waals surface area contributed by atoms with Crippen molar-refractivity contribution in [3.8, 4) is 0 Å². The van der Waals surface area contributed by atoms with Gasteiger partial charge in [0.2, 0.25) is 6.29 Å². The molecular formula is C14H22O4. The molecule has 0 aliphatic heterocycles. The number of rotatable bonds is 7. The van der Waals surface area contributed by atoms with E-state index in [1.54, 1.807) is 13.8 Å². The van der Waals surface area contributed by atoms with Gasteiger partial charge in [-0.05, 0) is 19.8 Å². The molecule has 1 unspecified atom stereocenters. The quantitative estimate of drug-likeness (QED) is 0.398. The van der Waals surface area contributed by atoms with Crippen LogP contribution in [-0.4, -0.2) is 18.2 Å². The smallest absolute Gasteiger partial charge is 0.336 e. The molecule has 0 saturated carbocycles. The predicted octanol–water partition coefficient (Wildman–Crippen LogP) is 2.99. The van der Waals surface area contributed by atoms with Crippen molar-refractivity contribution in [2.75, 3.05) is 0 Å². The van der Waals surface area contributed by atoms with Crippen LogP contribution in [0.2, 0.25) is 0 Å². The Bertz CT molecular complexity index is 316. The molecule has 0 aromatic rings. The van der Waals surface area contributed by atoms with Crippen molar-refractivity contribution in [1.82, 2.24) is 0 Å². The summed E-state index contributed by atoms with van der Waals surface area (Å²) < 4.78 is 10.2. The van der Waals surface area contributed by atoms with Crippen molar-refractivity contribution in [3.63, 3.8) is 0 Å². The number of esters is 2. The largest absolute Gasteiger partial charge is 0.422 e. The molecule has 0 fully saturated rings. The molecule has 0 aromatic carbocycles. The van der Waals surface area contributed by atoms with Crippen molar-refractivity contribution in [3.05, 3.63) is 24.3 Å². The molecule has 0 heterocycles. The number of carbonyl (C=O) groups is 2. The fourth-order valence-electron chi connectivity index (χ4n) is 1.06. The lowest BCUT2D eigenvalue weighted by atomic mass is 10.1. The van der Waals surface area contributed by atoms with Crippen LogP contribution in [0.15, 0.2) is 24.3 Å². The van der Waals surface area contributed by atoms with E-state index in [1.165, 1.54) is 0 Å². The summed E-state index contributed by atoms with van der Waals surface area (Å²) in [6.07, 6.45) is 0.494. The van der Waals surface area contributed by atoms with Crippen molar-refractivity contribution >= 4 is 11.9 Å². The van der Waals surface area contributed by atoms with Gasteiger partial charge in [-0.15, -0.1) is 0 Å². The highest BCUT2D eigenvalue weighted by Crippen LogP contribution is 2.16. The Morgan fingerprint density at radius 1 is 1.06 bits per heavy atom. The first kappa shape index (κ1) is 16.4. The highest BCUT2D eigenvalue weighted by atomic mass is 16.7. The van der Waals surface area contributed by atoms with Crippen molar-refractivity contribution in [2.24, 2.45) is 5.92 Å². The lowest BCUT2D eigenvalue weighted by molar-refractivity contribution is -0.185. The molecule has 0 amide bonds. The fraction of sp³-hybridized carbons (Fsp3) is 0.571. The van der Waals surface area contributed by atoms with Crippen LogP contribution in [0.3, 0.4) is 0 Å². The zero-order valence-electron chi connectivity index (χ0n) is 11.6. The monoisotopic (exact) mass is 254 g/mol. The average molecular weight is 254 g/mol. The van der Waals surface area contributed by atoms with Gasteiger partial charge in [-0.25, -0.2) is 9.59 Å². The van der Waals surface area contributed by atoms with E-state index in [0.29, 0.717) is 6.42 Å². The highest BCUT2D eigenvalue weighted by Gasteiger charge is 2.21. The van der Waals surface area contributed by atoms with Crippen LogP contribution in [0.1, 0.15) is 40.5 Å². The van der Waals surface area contributed by atoms with Crippen LogP contribution in [0.4, 0.5) is 0 Å². The molecule has 102 valence electrons. The third-order valence-corrected chi connectivity index (χ3v) is 2.47. The Balaban J connectivity index is 4.61. The molecule has 0 aromatic heterocycles. The van der Waals surface area contributed by atoms with Crippen LogP contribution in [-0.2, 0) is 19.1 Å². The zero-order chi connectivity index (χ0) is 14.3. The Labute approximate surface area is 109 Å². The topological polar surface area (TPSA) is 52.6 Å². The van der Waals surface area contributed by atoms with Gasteiger partial charge in [0.05, 0.1) is 0 Å². The second kappa shape index (κ2) is 7.69. The van der Waals surface area contributed by atoms with Crippen molar-refractivity contribution in [2.45, 2.75) is 46.8 Å². The third kappa shape index (κ3) is 6.23. The van der Waals surface area contributed by atoms with Gasteiger partial charge in [0, 0.05) is 17.6 Å². The Morgan fingerprint density at radius 2 is 1.44 bits per heavy atom. The molecule has 0 rings (SSSR count). The van der Waals surface area contributed by atoms with Crippen LogP contribution in [0.25, 0.3) is 0 Å². The molecule has 18 heavy (non-hydrogen) atoms. The van der Waals surface area contributed by atoms with Crippen molar-refractivity contribution < 1.29 is 19.1 Å². The van der Waals surface area contributed by atoms with E-state index in [9.17, 15) is 9.59 Å². The van der Waals surface area contributed by atoms with E-state index in [2.05, 4.69) is 13.2 Å². The third-order valence-electron chi connectivity index (χ3n) is 2.47. The van der Waals surface area contributed by atoms with Crippen molar-refractivity contribution in [1.29, 1.82) is 0 Å². The lowest BCUT2D eigenvalue weighted by Crippen LogP contribution is -2.27. The van der Waals surface area contributed by atoms with Gasteiger partial charge in [0.25, 0.3) is 0 Å². The molecule has 0 spiro atoms. The Kier molecular flexibility index (Phi) is 7.01. The SMILES string of the molecule is C=C(C)C(=O)OC(CC(C)CC)OC(=O)C(=C)C. The molecule has 0 N–H and O–H groups in total. The van der Waals surface area contributed by atoms with E-state index in [1.807, 2.05) is 13.8 Å². The standard InChI is InChI=1S/C14H22O4/c1-7-11(6)8-12(17-13(15)9(2)3)18-14(16)10(4)5/h11-12H,2,4,7-8H2,1,3,5-6H3. The summed E-state index contributed by atoms with van der Waals surface area (Å²) in [5, 5.41) is 0. The molecule has 4 heteroatoms. The highest BCUT2D eigenvalue weighted by molar-refractivity contribution is 5.88. The summed E-state index contributed by atoms with van der Waals surface area (Å²) in [4.78, 5) is 22.9. The van der Waals surface area contributed by atoms with Gasteiger partial charge in [0.1, 0.15) is 0 Å². The fourth-order valence-corrected chi connectivity index (χ4v) is 1.06. The number of ether oxygens (including phenoxy) is 2. The molecular weight excluding hydrogens is 232 g/mol. The second-order valence-electron chi connectivity index (χ2n) is 4.55. The van der Waals surface area contributed by atoms with Gasteiger partial charge >= 0.3 is 11.9 Å². The summed E-state index contributed by atoms with van der Waals surface area (Å²) in [5.41, 5.74) is 0.547. The minimum absolute atomic E-state index is 0.274. The molecule has 0 saturated heterocycles. The van der Waals surface area contributed by atoms with Gasteiger partial charge < -0.3 is 9.47 Å². The zero-order valence-corrected chi connectivity index (χ0v) is 11.6. The maximum atomic E-state index is 11.4. The summed E-state index contributed by atoms with van der Waals surface area (Å²) in [6.45, 7) is 14.1. The normalized spacial score (nSPS) is 11.8. The summed E-state index contributed by atoms with van der Waals surface area (Å²) >= 11 is 0. The first-order chi connectivity index (χ1) is 8.27. The summed E-state index contributed by atoms with van der Waals surface area (Å²) in [5.74, 6) is -0.832. The van der Waals surface area contributed by atoms with E-state index in [0.717, 1.165) is 6.42 Å².